The number of pyridine rings is 1. The van der Waals surface area contributed by atoms with Gasteiger partial charge in [-0.25, -0.2) is 18.4 Å². The smallest absolute Gasteiger partial charge is 0.256 e. The van der Waals surface area contributed by atoms with Crippen molar-refractivity contribution in [2.75, 3.05) is 44.4 Å². The van der Waals surface area contributed by atoms with Crippen LogP contribution in [0.3, 0.4) is 0 Å². The second-order valence-electron chi connectivity index (χ2n) is 13.2. The summed E-state index contributed by atoms with van der Waals surface area (Å²) in [6.07, 6.45) is 16.0. The van der Waals surface area contributed by atoms with Gasteiger partial charge in [-0.15, -0.1) is 0 Å². The molecule has 4 aromatic rings. The molecule has 7 rings (SSSR count). The monoisotopic (exact) mass is 626 g/mol. The molecule has 0 bridgehead atoms. The largest absolute Gasteiger partial charge is 0.383 e. The van der Waals surface area contributed by atoms with Crippen LogP contribution in [0.4, 0.5) is 11.5 Å². The van der Waals surface area contributed by atoms with Gasteiger partial charge in [-0.05, 0) is 64.1 Å². The molecular formula is C32H38N10O2S. The van der Waals surface area contributed by atoms with Crippen molar-refractivity contribution in [2.24, 2.45) is 5.41 Å². The average molecular weight is 627 g/mol. The van der Waals surface area contributed by atoms with Gasteiger partial charge in [0.25, 0.3) is 10.0 Å². The Morgan fingerprint density at radius 1 is 1.00 bits per heavy atom. The summed E-state index contributed by atoms with van der Waals surface area (Å²) in [5.41, 5.74) is 11.2. The standard InChI is InChI=1S/C32H38N10O2S/c1-32(21-39(2)3)10-12-40(13-11-32)29-14-28(34-16-23(29)5-4-22-15-36-41(19-22)25-6-7-25)27-18-35-31(38-30(27)33)24-17-37-42(20-24)45(43,44)26-8-9-26/h14-20,25-26H,6-13,21H2,1-3H3,(H2,33,35,38). The highest BCUT2D eigenvalue weighted by atomic mass is 32.2. The third-order valence-electron chi connectivity index (χ3n) is 8.87. The average Bonchev–Trinajstić information content (AvgIpc) is 3.94. The molecule has 0 radical (unpaired) electrons. The predicted molar refractivity (Wildman–Crippen MR) is 173 cm³/mol. The van der Waals surface area contributed by atoms with Crippen LogP contribution in [0.1, 0.15) is 62.6 Å². The Bertz CT molecular complexity index is 1900. The molecule has 0 amide bonds. The van der Waals surface area contributed by atoms with Crippen LogP contribution >= 0.6 is 0 Å². The lowest BCUT2D eigenvalue weighted by atomic mass is 9.80. The first-order valence-corrected chi connectivity index (χ1v) is 17.0. The maximum Gasteiger partial charge on any atom is 0.256 e. The van der Waals surface area contributed by atoms with Crippen LogP contribution in [0, 0.1) is 17.3 Å². The van der Waals surface area contributed by atoms with Gasteiger partial charge in [-0.2, -0.15) is 14.3 Å². The number of nitrogen functional groups attached to an aromatic ring is 1. The van der Waals surface area contributed by atoms with Crippen molar-refractivity contribution < 1.29 is 8.42 Å². The lowest BCUT2D eigenvalue weighted by molar-refractivity contribution is 0.175. The number of hydrogen-bond acceptors (Lipinski definition) is 10. The van der Waals surface area contributed by atoms with Crippen molar-refractivity contribution in [3.05, 3.63) is 54.4 Å². The second-order valence-corrected chi connectivity index (χ2v) is 15.2. The molecule has 12 nitrogen and oxygen atoms in total. The zero-order valence-electron chi connectivity index (χ0n) is 25.9. The number of nitrogens with two attached hydrogens (primary N) is 1. The Labute approximate surface area is 263 Å². The van der Waals surface area contributed by atoms with Gasteiger partial charge in [-0.3, -0.25) is 9.67 Å². The van der Waals surface area contributed by atoms with E-state index in [0.29, 0.717) is 41.5 Å². The Morgan fingerprint density at radius 2 is 1.78 bits per heavy atom. The fourth-order valence-corrected chi connectivity index (χ4v) is 7.53. The van der Waals surface area contributed by atoms with E-state index in [1.807, 2.05) is 23.1 Å². The summed E-state index contributed by atoms with van der Waals surface area (Å²) < 4.78 is 28.2. The van der Waals surface area contributed by atoms with Gasteiger partial charge in [-0.1, -0.05) is 18.8 Å². The third-order valence-corrected chi connectivity index (χ3v) is 10.9. The van der Waals surface area contributed by atoms with E-state index in [0.717, 1.165) is 53.4 Å². The van der Waals surface area contributed by atoms with Crippen molar-refractivity contribution in [1.29, 1.82) is 0 Å². The number of hydrogen-bond donors (Lipinski definition) is 1. The highest BCUT2D eigenvalue weighted by Gasteiger charge is 2.38. The van der Waals surface area contributed by atoms with E-state index >= 15 is 0 Å². The molecule has 3 fully saturated rings. The minimum Gasteiger partial charge on any atom is -0.383 e. The fourth-order valence-electron chi connectivity index (χ4n) is 6.05. The van der Waals surface area contributed by atoms with E-state index in [1.54, 1.807) is 12.4 Å². The van der Waals surface area contributed by atoms with Crippen LogP contribution in [0.2, 0.25) is 0 Å². The number of anilines is 2. The number of piperidine rings is 1. The molecule has 2 N–H and O–H groups in total. The number of aromatic nitrogens is 7. The molecule has 0 spiro atoms. The van der Waals surface area contributed by atoms with E-state index in [9.17, 15) is 8.42 Å². The molecule has 1 saturated heterocycles. The molecule has 45 heavy (non-hydrogen) atoms. The van der Waals surface area contributed by atoms with Crippen molar-refractivity contribution in [1.82, 2.24) is 38.8 Å². The van der Waals surface area contributed by atoms with Crippen LogP contribution in [0.5, 0.6) is 0 Å². The van der Waals surface area contributed by atoms with Gasteiger partial charge in [0.05, 0.1) is 63.5 Å². The number of nitrogens with zero attached hydrogens (tertiary/aromatic N) is 9. The topological polar surface area (TPSA) is 141 Å². The molecule has 0 unspecified atom stereocenters. The predicted octanol–water partition coefficient (Wildman–Crippen LogP) is 3.42. The molecule has 5 heterocycles. The summed E-state index contributed by atoms with van der Waals surface area (Å²) >= 11 is 0. The SMILES string of the molecule is CN(C)CC1(C)CCN(c2cc(-c3cnc(-c4cnn(S(=O)(=O)C5CC5)c4)nc3N)ncc2C#Cc2cnn(C3CC3)c2)CC1. The van der Waals surface area contributed by atoms with Crippen LogP contribution in [-0.2, 0) is 10.0 Å². The van der Waals surface area contributed by atoms with E-state index in [-0.39, 0.29) is 16.5 Å². The molecule has 3 aliphatic rings. The third kappa shape index (κ3) is 6.17. The summed E-state index contributed by atoms with van der Waals surface area (Å²) in [4.78, 5) is 18.4. The molecule has 4 aromatic heterocycles. The van der Waals surface area contributed by atoms with Crippen molar-refractivity contribution in [2.45, 2.75) is 56.7 Å². The van der Waals surface area contributed by atoms with E-state index in [1.165, 1.54) is 25.2 Å². The maximum atomic E-state index is 12.6. The minimum absolute atomic E-state index is 0.249. The second kappa shape index (κ2) is 11.3. The molecule has 2 saturated carbocycles. The van der Waals surface area contributed by atoms with Gasteiger partial charge >= 0.3 is 0 Å². The Balaban J connectivity index is 1.19. The van der Waals surface area contributed by atoms with E-state index < -0.39 is 10.0 Å². The first-order valence-electron chi connectivity index (χ1n) is 15.5. The zero-order chi connectivity index (χ0) is 31.3. The highest BCUT2D eigenvalue weighted by Crippen LogP contribution is 2.37. The quantitative estimate of drug-likeness (QED) is 0.289. The summed E-state index contributed by atoms with van der Waals surface area (Å²) in [7, 11) is 0.777. The Kier molecular flexibility index (Phi) is 7.37. The van der Waals surface area contributed by atoms with Gasteiger partial charge < -0.3 is 15.5 Å². The van der Waals surface area contributed by atoms with Crippen LogP contribution in [0.15, 0.2) is 43.2 Å². The summed E-state index contributed by atoms with van der Waals surface area (Å²) in [6.45, 7) is 5.22. The van der Waals surface area contributed by atoms with Gasteiger partial charge in [0, 0.05) is 38.2 Å². The van der Waals surface area contributed by atoms with Crippen LogP contribution < -0.4 is 10.6 Å². The molecule has 234 valence electrons. The first kappa shape index (κ1) is 29.4. The fraction of sp³-hybridized carbons (Fsp3) is 0.469. The van der Waals surface area contributed by atoms with Crippen molar-refractivity contribution in [3.63, 3.8) is 0 Å². The lowest BCUT2D eigenvalue weighted by Crippen LogP contribution is -2.43. The molecule has 1 aliphatic heterocycles. The lowest BCUT2D eigenvalue weighted by Gasteiger charge is -2.42. The molecule has 0 aromatic carbocycles. The van der Waals surface area contributed by atoms with Crippen LogP contribution in [0.25, 0.3) is 22.6 Å². The Hall–Kier alpha value is -4.28. The summed E-state index contributed by atoms with van der Waals surface area (Å²) in [5.74, 6) is 7.22. The maximum absolute atomic E-state index is 12.6. The molecule has 0 atom stereocenters. The Morgan fingerprint density at radius 3 is 2.47 bits per heavy atom. The summed E-state index contributed by atoms with van der Waals surface area (Å²) in [6, 6.07) is 2.54. The van der Waals surface area contributed by atoms with Gasteiger partial charge in [0.1, 0.15) is 5.82 Å². The number of rotatable bonds is 8. The van der Waals surface area contributed by atoms with Crippen molar-refractivity contribution >= 4 is 21.5 Å². The molecule has 13 heteroatoms. The molecule has 2 aliphatic carbocycles. The zero-order valence-corrected chi connectivity index (χ0v) is 26.7. The van der Waals surface area contributed by atoms with E-state index in [4.69, 9.17) is 10.7 Å². The van der Waals surface area contributed by atoms with Crippen LogP contribution in [-0.4, -0.2) is 86.2 Å². The minimum atomic E-state index is -3.48. The van der Waals surface area contributed by atoms with E-state index in [2.05, 4.69) is 62.8 Å². The van der Waals surface area contributed by atoms with Gasteiger partial charge in [0.15, 0.2) is 5.82 Å². The van der Waals surface area contributed by atoms with Crippen molar-refractivity contribution in [3.8, 4) is 34.5 Å². The van der Waals surface area contributed by atoms with Gasteiger partial charge in [0.2, 0.25) is 0 Å². The summed E-state index contributed by atoms with van der Waals surface area (Å²) in [5, 5.41) is 8.17. The normalized spacial score (nSPS) is 18.2. The molecular weight excluding hydrogens is 588 g/mol. The first-order chi connectivity index (χ1) is 21.6. The highest BCUT2D eigenvalue weighted by molar-refractivity contribution is 7.90.